The molecule has 7 heteroatoms. The van der Waals surface area contributed by atoms with Gasteiger partial charge in [-0.1, -0.05) is 12.8 Å². The van der Waals surface area contributed by atoms with Gasteiger partial charge in [-0.25, -0.2) is 9.78 Å². The molecule has 0 saturated heterocycles. The van der Waals surface area contributed by atoms with Crippen molar-refractivity contribution in [3.8, 4) is 0 Å². The minimum atomic E-state index is -0.610. The highest BCUT2D eigenvalue weighted by molar-refractivity contribution is 5.88. The van der Waals surface area contributed by atoms with Crippen molar-refractivity contribution < 1.29 is 14.5 Å². The van der Waals surface area contributed by atoms with Crippen molar-refractivity contribution in [1.29, 1.82) is 0 Å². The van der Waals surface area contributed by atoms with E-state index >= 15 is 0 Å². The van der Waals surface area contributed by atoms with Crippen molar-refractivity contribution in [1.82, 2.24) is 4.98 Å². The lowest BCUT2D eigenvalue weighted by Crippen LogP contribution is -2.25. The summed E-state index contributed by atoms with van der Waals surface area (Å²) in [6.07, 6.45) is 4.60. The van der Waals surface area contributed by atoms with Crippen LogP contribution in [0.4, 0.5) is 11.5 Å². The number of ether oxygens (including phenoxy) is 1. The van der Waals surface area contributed by atoms with Gasteiger partial charge in [0.05, 0.1) is 12.0 Å². The molecule has 1 atom stereocenters. The fourth-order valence-corrected chi connectivity index (χ4v) is 2.71. The second-order valence-electron chi connectivity index (χ2n) is 5.29. The lowest BCUT2D eigenvalue weighted by atomic mass is 10.00. The van der Waals surface area contributed by atoms with Crippen molar-refractivity contribution in [3.63, 3.8) is 0 Å². The summed E-state index contributed by atoms with van der Waals surface area (Å²) in [4.78, 5) is 26.1. The van der Waals surface area contributed by atoms with Crippen LogP contribution in [0.15, 0.2) is 12.1 Å². The molecule has 0 aromatic carbocycles. The van der Waals surface area contributed by atoms with Gasteiger partial charge in [0.2, 0.25) is 5.82 Å². The van der Waals surface area contributed by atoms with E-state index in [2.05, 4.69) is 15.0 Å². The van der Waals surface area contributed by atoms with Crippen LogP contribution in [-0.2, 0) is 4.74 Å². The number of hydrogen-bond donors (Lipinski definition) is 1. The van der Waals surface area contributed by atoms with Crippen molar-refractivity contribution in [2.45, 2.75) is 38.6 Å². The van der Waals surface area contributed by atoms with E-state index in [0.717, 1.165) is 12.8 Å². The zero-order valence-corrected chi connectivity index (χ0v) is 12.2. The Balaban J connectivity index is 2.25. The average Bonchev–Trinajstić information content (AvgIpc) is 3.00. The molecule has 1 aromatic rings. The van der Waals surface area contributed by atoms with Gasteiger partial charge in [-0.15, -0.1) is 0 Å². The van der Waals surface area contributed by atoms with Gasteiger partial charge in [-0.2, -0.15) is 0 Å². The van der Waals surface area contributed by atoms with E-state index < -0.39 is 10.9 Å². The van der Waals surface area contributed by atoms with E-state index in [1.54, 1.807) is 0 Å². The van der Waals surface area contributed by atoms with Gasteiger partial charge < -0.3 is 10.1 Å². The Labute approximate surface area is 122 Å². The highest BCUT2D eigenvalue weighted by Gasteiger charge is 2.25. The first-order valence-corrected chi connectivity index (χ1v) is 7.03. The summed E-state index contributed by atoms with van der Waals surface area (Å²) in [7, 11) is 1.25. The molecule has 21 heavy (non-hydrogen) atoms. The molecule has 1 heterocycles. The molecule has 114 valence electrons. The van der Waals surface area contributed by atoms with Gasteiger partial charge in [0.25, 0.3) is 0 Å². The predicted octanol–water partition coefficient (Wildman–Crippen LogP) is 2.77. The Kier molecular flexibility index (Phi) is 4.72. The monoisotopic (exact) mass is 293 g/mol. The first-order chi connectivity index (χ1) is 10.0. The molecular weight excluding hydrogens is 274 g/mol. The molecule has 1 aromatic heterocycles. The number of carbonyl (C=O) groups excluding carboxylic acids is 1. The largest absolute Gasteiger partial charge is 0.464 e. The number of carbonyl (C=O) groups is 1. The molecule has 1 aliphatic rings. The molecule has 1 N–H and O–H groups in total. The van der Waals surface area contributed by atoms with Gasteiger partial charge in [-0.05, 0) is 31.7 Å². The Morgan fingerprint density at radius 3 is 2.71 bits per heavy atom. The predicted molar refractivity (Wildman–Crippen MR) is 77.3 cm³/mol. The second-order valence-corrected chi connectivity index (χ2v) is 5.29. The van der Waals surface area contributed by atoms with Crippen molar-refractivity contribution in [2.75, 3.05) is 12.4 Å². The highest BCUT2D eigenvalue weighted by atomic mass is 16.6. The van der Waals surface area contributed by atoms with Gasteiger partial charge in [0.1, 0.15) is 0 Å². The third kappa shape index (κ3) is 3.48. The molecule has 1 aliphatic carbocycles. The Morgan fingerprint density at radius 2 is 2.14 bits per heavy atom. The molecule has 0 radical (unpaired) electrons. The molecular formula is C14H19N3O4. The number of nitro groups is 1. The quantitative estimate of drug-likeness (QED) is 0.509. The summed E-state index contributed by atoms with van der Waals surface area (Å²) in [5, 5.41) is 14.2. The highest BCUT2D eigenvalue weighted by Crippen LogP contribution is 2.31. The number of aromatic nitrogens is 1. The van der Waals surface area contributed by atoms with Crippen molar-refractivity contribution in [3.05, 3.63) is 27.9 Å². The standard InChI is InChI=1S/C14H19N3O4/c1-9(10-5-3-4-6-10)15-13-12(17(19)20)8-7-11(16-13)14(18)21-2/h7-10H,3-6H2,1-2H3,(H,15,16). The first kappa shape index (κ1) is 15.2. The summed E-state index contributed by atoms with van der Waals surface area (Å²) in [6, 6.07) is 2.66. The van der Waals surface area contributed by atoms with Gasteiger partial charge in [0.15, 0.2) is 5.69 Å². The number of nitrogens with one attached hydrogen (secondary N) is 1. The molecule has 0 aliphatic heterocycles. The molecule has 1 unspecified atom stereocenters. The average molecular weight is 293 g/mol. The van der Waals surface area contributed by atoms with Crippen LogP contribution in [0, 0.1) is 16.0 Å². The Morgan fingerprint density at radius 1 is 1.48 bits per heavy atom. The van der Waals surface area contributed by atoms with Crippen LogP contribution in [0.2, 0.25) is 0 Å². The molecule has 7 nitrogen and oxygen atoms in total. The van der Waals surface area contributed by atoms with E-state index in [4.69, 9.17) is 0 Å². The minimum absolute atomic E-state index is 0.0595. The fourth-order valence-electron chi connectivity index (χ4n) is 2.71. The van der Waals surface area contributed by atoms with Gasteiger partial charge in [0, 0.05) is 12.1 Å². The summed E-state index contributed by atoms with van der Waals surface area (Å²) in [5.41, 5.74) is -0.0725. The third-order valence-electron chi connectivity index (χ3n) is 3.94. The summed E-state index contributed by atoms with van der Waals surface area (Å²) >= 11 is 0. The van der Waals surface area contributed by atoms with Crippen molar-refractivity contribution in [2.24, 2.45) is 5.92 Å². The van der Waals surface area contributed by atoms with Gasteiger partial charge >= 0.3 is 11.7 Å². The summed E-state index contributed by atoms with van der Waals surface area (Å²) in [5.74, 6) is -0.00282. The van der Waals surface area contributed by atoms with E-state index in [0.29, 0.717) is 5.92 Å². The fraction of sp³-hybridized carbons (Fsp3) is 0.571. The Bertz CT molecular complexity index is 541. The number of nitrogens with zero attached hydrogens (tertiary/aromatic N) is 2. The topological polar surface area (TPSA) is 94.4 Å². The maximum atomic E-state index is 11.5. The van der Waals surface area contributed by atoms with Crippen LogP contribution < -0.4 is 5.32 Å². The van der Waals surface area contributed by atoms with E-state index in [1.165, 1.54) is 32.1 Å². The molecule has 1 fully saturated rings. The van der Waals surface area contributed by atoms with Gasteiger partial charge in [-0.3, -0.25) is 10.1 Å². The van der Waals surface area contributed by atoms with Crippen molar-refractivity contribution >= 4 is 17.5 Å². The normalized spacial score (nSPS) is 16.5. The van der Waals surface area contributed by atoms with E-state index in [-0.39, 0.29) is 23.2 Å². The number of rotatable bonds is 5. The SMILES string of the molecule is COC(=O)c1ccc([N+](=O)[O-])c(NC(C)C2CCCC2)n1. The first-order valence-electron chi connectivity index (χ1n) is 7.03. The van der Waals surface area contributed by atoms with Crippen LogP contribution in [0.25, 0.3) is 0 Å². The summed E-state index contributed by atoms with van der Waals surface area (Å²) < 4.78 is 4.60. The lowest BCUT2D eigenvalue weighted by molar-refractivity contribution is -0.384. The molecule has 0 amide bonds. The lowest BCUT2D eigenvalue weighted by Gasteiger charge is -2.20. The van der Waals surface area contributed by atoms with E-state index in [9.17, 15) is 14.9 Å². The van der Waals surface area contributed by atoms with E-state index in [1.807, 2.05) is 6.92 Å². The number of anilines is 1. The zero-order chi connectivity index (χ0) is 15.4. The second kappa shape index (κ2) is 6.51. The maximum Gasteiger partial charge on any atom is 0.356 e. The summed E-state index contributed by atoms with van der Waals surface area (Å²) in [6.45, 7) is 1.99. The number of pyridine rings is 1. The van der Waals surface area contributed by atoms with Crippen LogP contribution in [0.1, 0.15) is 43.1 Å². The molecule has 0 spiro atoms. The maximum absolute atomic E-state index is 11.5. The molecule has 2 rings (SSSR count). The minimum Gasteiger partial charge on any atom is -0.464 e. The number of methoxy groups -OCH3 is 1. The molecule has 0 bridgehead atoms. The smallest absolute Gasteiger partial charge is 0.356 e. The van der Waals surface area contributed by atoms with Crippen LogP contribution >= 0.6 is 0 Å². The Hall–Kier alpha value is -2.18. The number of hydrogen-bond acceptors (Lipinski definition) is 6. The van der Waals surface area contributed by atoms with Crippen LogP contribution in [0.5, 0.6) is 0 Å². The zero-order valence-electron chi connectivity index (χ0n) is 12.2. The third-order valence-corrected chi connectivity index (χ3v) is 3.94. The van der Waals surface area contributed by atoms with Crippen LogP contribution in [0.3, 0.4) is 0 Å². The number of esters is 1. The molecule has 1 saturated carbocycles. The van der Waals surface area contributed by atoms with Crippen LogP contribution in [-0.4, -0.2) is 29.0 Å².